The molecule has 0 aromatic heterocycles. The fourth-order valence-corrected chi connectivity index (χ4v) is 3.04. The van der Waals surface area contributed by atoms with Crippen LogP contribution < -0.4 is 0 Å². The minimum Gasteiger partial charge on any atom is -0.508 e. The lowest BCUT2D eigenvalue weighted by Crippen LogP contribution is -1.97. The van der Waals surface area contributed by atoms with Crippen LogP contribution in [0.15, 0.2) is 48.5 Å². The Morgan fingerprint density at radius 1 is 0.577 bits per heavy atom. The summed E-state index contributed by atoms with van der Waals surface area (Å²) in [4.78, 5) is 0. The lowest BCUT2D eigenvalue weighted by atomic mass is 9.94. The molecule has 0 aliphatic carbocycles. The first-order chi connectivity index (χ1) is 12.3. The maximum Gasteiger partial charge on any atom is 0.122 e. The summed E-state index contributed by atoms with van der Waals surface area (Å²) in [6.07, 6.45) is 0.486. The van der Waals surface area contributed by atoms with Crippen molar-refractivity contribution in [3.63, 3.8) is 0 Å². The van der Waals surface area contributed by atoms with Gasteiger partial charge >= 0.3 is 0 Å². The third-order valence-corrected chi connectivity index (χ3v) is 4.30. The molecule has 0 bridgehead atoms. The maximum atomic E-state index is 10.7. The van der Waals surface area contributed by atoms with Gasteiger partial charge in [-0.3, -0.25) is 0 Å². The molecule has 0 fully saturated rings. The molecule has 0 saturated carbocycles. The molecule has 0 radical (unpaired) electrons. The summed E-state index contributed by atoms with van der Waals surface area (Å²) in [6, 6.07) is 12.1. The molecular formula is C21H20O5. The van der Waals surface area contributed by atoms with Crippen LogP contribution in [0.4, 0.5) is 0 Å². The van der Waals surface area contributed by atoms with Crippen LogP contribution in [-0.4, -0.2) is 25.5 Å². The van der Waals surface area contributed by atoms with Gasteiger partial charge in [0.1, 0.15) is 28.7 Å². The Morgan fingerprint density at radius 3 is 1.42 bits per heavy atom. The van der Waals surface area contributed by atoms with Crippen LogP contribution >= 0.6 is 0 Å². The summed E-state index contributed by atoms with van der Waals surface area (Å²) in [7, 11) is 0. The van der Waals surface area contributed by atoms with Crippen LogP contribution in [0.5, 0.6) is 28.7 Å². The number of phenolic OH excluding ortho intramolecular Hbond substituents is 5. The Hall–Kier alpha value is -3.34. The second-order valence-electron chi connectivity index (χ2n) is 6.41. The molecule has 0 saturated heterocycles. The Kier molecular flexibility index (Phi) is 4.63. The zero-order chi connectivity index (χ0) is 18.8. The highest BCUT2D eigenvalue weighted by atomic mass is 16.3. The number of rotatable bonds is 4. The molecule has 0 heterocycles. The normalized spacial score (nSPS) is 10.8. The van der Waals surface area contributed by atoms with Gasteiger partial charge in [-0.25, -0.2) is 0 Å². The molecular weight excluding hydrogens is 332 g/mol. The molecule has 5 heteroatoms. The lowest BCUT2D eigenvalue weighted by molar-refractivity contribution is 0.449. The molecule has 0 aliphatic heterocycles. The van der Waals surface area contributed by atoms with Crippen LogP contribution in [0.25, 0.3) is 0 Å². The van der Waals surface area contributed by atoms with Gasteiger partial charge in [0, 0.05) is 24.0 Å². The van der Waals surface area contributed by atoms with E-state index in [0.717, 1.165) is 5.56 Å². The summed E-state index contributed by atoms with van der Waals surface area (Å²) in [5, 5.41) is 49.9. The van der Waals surface area contributed by atoms with Crippen molar-refractivity contribution in [3.8, 4) is 28.7 Å². The Balaban J connectivity index is 1.98. The monoisotopic (exact) mass is 352 g/mol. The Labute approximate surface area is 151 Å². The minimum absolute atomic E-state index is 0.0369. The minimum atomic E-state index is 0.0369. The highest BCUT2D eigenvalue weighted by Gasteiger charge is 2.14. The number of hydrogen-bond acceptors (Lipinski definition) is 5. The molecule has 0 amide bonds. The van der Waals surface area contributed by atoms with Crippen LogP contribution in [0, 0.1) is 6.92 Å². The van der Waals surface area contributed by atoms with Crippen molar-refractivity contribution < 1.29 is 25.5 Å². The quantitative estimate of drug-likeness (QED) is 0.461. The SMILES string of the molecule is Cc1cc(Cc2cc(O)ccc2O)c(O)c(Cc2cc(O)ccc2O)c1. The molecule has 5 nitrogen and oxygen atoms in total. The Morgan fingerprint density at radius 2 is 1.00 bits per heavy atom. The first-order valence-corrected chi connectivity index (χ1v) is 8.16. The van der Waals surface area contributed by atoms with Crippen LogP contribution in [0.1, 0.15) is 27.8 Å². The molecule has 0 spiro atoms. The molecule has 0 aliphatic rings. The van der Waals surface area contributed by atoms with E-state index in [-0.39, 0.29) is 41.6 Å². The van der Waals surface area contributed by atoms with E-state index in [1.54, 1.807) is 0 Å². The second kappa shape index (κ2) is 6.88. The van der Waals surface area contributed by atoms with Crippen molar-refractivity contribution in [2.45, 2.75) is 19.8 Å². The van der Waals surface area contributed by atoms with Gasteiger partial charge in [0.15, 0.2) is 0 Å². The highest BCUT2D eigenvalue weighted by Crippen LogP contribution is 2.34. The molecule has 3 aromatic rings. The second-order valence-corrected chi connectivity index (χ2v) is 6.41. The molecule has 3 aromatic carbocycles. The molecule has 26 heavy (non-hydrogen) atoms. The highest BCUT2D eigenvalue weighted by molar-refractivity contribution is 5.51. The maximum absolute atomic E-state index is 10.7. The van der Waals surface area contributed by atoms with Crippen LogP contribution in [-0.2, 0) is 12.8 Å². The van der Waals surface area contributed by atoms with Gasteiger partial charge < -0.3 is 25.5 Å². The first-order valence-electron chi connectivity index (χ1n) is 8.16. The zero-order valence-corrected chi connectivity index (χ0v) is 14.3. The average molecular weight is 352 g/mol. The third-order valence-electron chi connectivity index (χ3n) is 4.30. The van der Waals surface area contributed by atoms with Crippen molar-refractivity contribution in [1.82, 2.24) is 0 Å². The summed E-state index contributed by atoms with van der Waals surface area (Å²) in [6.45, 7) is 1.89. The summed E-state index contributed by atoms with van der Waals surface area (Å²) in [5.41, 5.74) is 3.10. The predicted molar refractivity (Wildman–Crippen MR) is 98.0 cm³/mol. The summed E-state index contributed by atoms with van der Waals surface area (Å²) >= 11 is 0. The number of aromatic hydroxyl groups is 5. The van der Waals surface area contributed by atoms with E-state index in [2.05, 4.69) is 0 Å². The van der Waals surface area contributed by atoms with E-state index in [1.807, 2.05) is 19.1 Å². The number of phenols is 5. The van der Waals surface area contributed by atoms with E-state index in [4.69, 9.17) is 0 Å². The number of hydrogen-bond donors (Lipinski definition) is 5. The largest absolute Gasteiger partial charge is 0.508 e. The van der Waals surface area contributed by atoms with Crippen LogP contribution in [0.2, 0.25) is 0 Å². The molecule has 0 unspecified atom stereocenters. The topological polar surface area (TPSA) is 101 Å². The van der Waals surface area contributed by atoms with Crippen molar-refractivity contribution in [2.75, 3.05) is 0 Å². The predicted octanol–water partition coefficient (Wildman–Crippen LogP) is 3.70. The van der Waals surface area contributed by atoms with E-state index in [1.165, 1.54) is 36.4 Å². The van der Waals surface area contributed by atoms with Gasteiger partial charge in [-0.2, -0.15) is 0 Å². The summed E-state index contributed by atoms with van der Waals surface area (Å²) in [5.74, 6) is 0.206. The summed E-state index contributed by atoms with van der Waals surface area (Å²) < 4.78 is 0. The first kappa shape index (κ1) is 17.5. The van der Waals surface area contributed by atoms with E-state index < -0.39 is 0 Å². The molecule has 134 valence electrons. The zero-order valence-electron chi connectivity index (χ0n) is 14.3. The van der Waals surface area contributed by atoms with Gasteiger partial charge in [-0.1, -0.05) is 17.7 Å². The van der Waals surface area contributed by atoms with Crippen LogP contribution in [0.3, 0.4) is 0 Å². The van der Waals surface area contributed by atoms with Crippen molar-refractivity contribution >= 4 is 0 Å². The fourth-order valence-electron chi connectivity index (χ4n) is 3.04. The van der Waals surface area contributed by atoms with Crippen molar-refractivity contribution in [3.05, 3.63) is 76.3 Å². The van der Waals surface area contributed by atoms with E-state index in [9.17, 15) is 25.5 Å². The molecule has 0 atom stereocenters. The number of benzene rings is 3. The van der Waals surface area contributed by atoms with Crippen molar-refractivity contribution in [1.29, 1.82) is 0 Å². The third kappa shape index (κ3) is 3.67. The average Bonchev–Trinajstić information content (AvgIpc) is 2.58. The van der Waals surface area contributed by atoms with Gasteiger partial charge in [-0.05, 0) is 54.4 Å². The van der Waals surface area contributed by atoms with E-state index >= 15 is 0 Å². The smallest absolute Gasteiger partial charge is 0.122 e. The molecule has 3 rings (SSSR count). The lowest BCUT2D eigenvalue weighted by Gasteiger charge is -2.14. The van der Waals surface area contributed by atoms with Gasteiger partial charge in [0.2, 0.25) is 0 Å². The number of aryl methyl sites for hydroxylation is 1. The van der Waals surface area contributed by atoms with E-state index in [0.29, 0.717) is 22.3 Å². The molecule has 5 N–H and O–H groups in total. The van der Waals surface area contributed by atoms with Crippen molar-refractivity contribution in [2.24, 2.45) is 0 Å². The van der Waals surface area contributed by atoms with Gasteiger partial charge in [0.25, 0.3) is 0 Å². The van der Waals surface area contributed by atoms with Gasteiger partial charge in [-0.15, -0.1) is 0 Å². The standard InChI is InChI=1S/C21H20O5/c1-12-6-15(8-13-10-17(22)2-4-19(13)24)21(26)16(7-12)9-14-11-18(23)3-5-20(14)25/h2-7,10-11,22-26H,8-9H2,1H3. The Bertz CT molecular complexity index is 888. The fraction of sp³-hybridized carbons (Fsp3) is 0.143. The van der Waals surface area contributed by atoms with Gasteiger partial charge in [0.05, 0.1) is 0 Å².